The first kappa shape index (κ1) is 23.4. The van der Waals surface area contributed by atoms with Crippen molar-refractivity contribution in [3.63, 3.8) is 0 Å². The molecule has 8 heteroatoms. The molecule has 2 aromatic carbocycles. The van der Waals surface area contributed by atoms with Crippen LogP contribution >= 0.6 is 11.6 Å². The highest BCUT2D eigenvalue weighted by molar-refractivity contribution is 6.30. The number of likely N-dealkylation sites (tertiary alicyclic amines) is 1. The minimum absolute atomic E-state index is 0.0827. The minimum atomic E-state index is -0.363. The van der Waals surface area contributed by atoms with Crippen LogP contribution in [0.15, 0.2) is 42.5 Å². The van der Waals surface area contributed by atoms with E-state index in [1.54, 1.807) is 43.4 Å². The van der Waals surface area contributed by atoms with Crippen LogP contribution in [0.3, 0.4) is 0 Å². The minimum Gasteiger partial charge on any atom is -0.497 e. The number of nitrogens with zero attached hydrogens (tertiary/aromatic N) is 3. The predicted octanol–water partition coefficient (Wildman–Crippen LogP) is 2.99. The number of halogens is 1. The van der Waals surface area contributed by atoms with Gasteiger partial charge in [-0.05, 0) is 43.4 Å². The summed E-state index contributed by atoms with van der Waals surface area (Å²) in [5.41, 5.74) is 1.40. The molecule has 0 radical (unpaired) electrons. The molecule has 0 bridgehead atoms. The standard InChI is InChI=1S/C25H30ClN3O4/c1-27-9-11-28(12-10-27)25(31)22-16-29(24(30)17-5-4-6-18(26)13-17)15-21(22)20-14-19(32-2)7-8-23(20)33-3/h4-8,13-14,21-22H,9-12,15-16H2,1-3H3/t21-,22+/m0/s1. The van der Waals surface area contributed by atoms with E-state index < -0.39 is 0 Å². The predicted molar refractivity (Wildman–Crippen MR) is 127 cm³/mol. The SMILES string of the molecule is COc1ccc(OC)c([C@@H]2CN(C(=O)c3cccc(Cl)c3)C[C@H]2C(=O)N2CCN(C)CC2)c1. The molecule has 0 saturated carbocycles. The summed E-state index contributed by atoms with van der Waals surface area (Å²) in [5.74, 6) is 0.769. The summed E-state index contributed by atoms with van der Waals surface area (Å²) >= 11 is 6.12. The van der Waals surface area contributed by atoms with Crippen molar-refractivity contribution in [1.29, 1.82) is 0 Å². The van der Waals surface area contributed by atoms with Gasteiger partial charge >= 0.3 is 0 Å². The van der Waals surface area contributed by atoms with Gasteiger partial charge in [0.05, 0.1) is 20.1 Å². The maximum absolute atomic E-state index is 13.7. The van der Waals surface area contributed by atoms with Crippen LogP contribution in [0.2, 0.25) is 5.02 Å². The summed E-state index contributed by atoms with van der Waals surface area (Å²) in [4.78, 5) is 32.9. The Morgan fingerprint density at radius 3 is 2.36 bits per heavy atom. The fraction of sp³-hybridized carbons (Fsp3) is 0.440. The third-order valence-electron chi connectivity index (χ3n) is 6.65. The van der Waals surface area contributed by atoms with Crippen LogP contribution < -0.4 is 9.47 Å². The van der Waals surface area contributed by atoms with Gasteiger partial charge in [-0.3, -0.25) is 9.59 Å². The van der Waals surface area contributed by atoms with Gasteiger partial charge in [-0.2, -0.15) is 0 Å². The van der Waals surface area contributed by atoms with Gasteiger partial charge in [0.1, 0.15) is 11.5 Å². The van der Waals surface area contributed by atoms with Gasteiger partial charge in [-0.1, -0.05) is 17.7 Å². The normalized spacial score (nSPS) is 21.2. The van der Waals surface area contributed by atoms with Crippen molar-refractivity contribution in [2.75, 3.05) is 60.5 Å². The maximum atomic E-state index is 13.7. The van der Waals surface area contributed by atoms with Crippen molar-refractivity contribution in [3.05, 3.63) is 58.6 Å². The number of hydrogen-bond acceptors (Lipinski definition) is 5. The first-order valence-electron chi connectivity index (χ1n) is 11.2. The van der Waals surface area contributed by atoms with Gasteiger partial charge in [-0.15, -0.1) is 0 Å². The van der Waals surface area contributed by atoms with Crippen LogP contribution in [0.1, 0.15) is 21.8 Å². The van der Waals surface area contributed by atoms with Crippen molar-refractivity contribution in [2.24, 2.45) is 5.92 Å². The summed E-state index contributed by atoms with van der Waals surface area (Å²) in [6, 6.07) is 12.5. The Kier molecular flexibility index (Phi) is 7.10. The lowest BCUT2D eigenvalue weighted by molar-refractivity contribution is -0.137. The highest BCUT2D eigenvalue weighted by Gasteiger charge is 2.43. The monoisotopic (exact) mass is 471 g/mol. The average molecular weight is 472 g/mol. The van der Waals surface area contributed by atoms with Gasteiger partial charge in [0.15, 0.2) is 0 Å². The number of ether oxygens (including phenoxy) is 2. The summed E-state index contributed by atoms with van der Waals surface area (Å²) < 4.78 is 11.1. The number of methoxy groups -OCH3 is 2. The zero-order valence-corrected chi connectivity index (χ0v) is 20.0. The average Bonchev–Trinajstić information content (AvgIpc) is 3.28. The number of carbonyl (C=O) groups excluding carboxylic acids is 2. The van der Waals surface area contributed by atoms with Gasteiger partial charge in [0.25, 0.3) is 5.91 Å². The van der Waals surface area contributed by atoms with E-state index >= 15 is 0 Å². The molecule has 2 amide bonds. The van der Waals surface area contributed by atoms with E-state index in [4.69, 9.17) is 21.1 Å². The highest BCUT2D eigenvalue weighted by atomic mass is 35.5. The van der Waals surface area contributed by atoms with Crippen molar-refractivity contribution in [2.45, 2.75) is 5.92 Å². The first-order valence-corrected chi connectivity index (χ1v) is 11.5. The lowest BCUT2D eigenvalue weighted by atomic mass is 9.87. The molecular weight excluding hydrogens is 442 g/mol. The summed E-state index contributed by atoms with van der Waals surface area (Å²) in [6.07, 6.45) is 0. The van der Waals surface area contributed by atoms with Crippen LogP contribution in [0.25, 0.3) is 0 Å². The van der Waals surface area contributed by atoms with E-state index in [2.05, 4.69) is 11.9 Å². The molecule has 2 aliphatic heterocycles. The molecule has 2 aliphatic rings. The number of amides is 2. The lowest BCUT2D eigenvalue weighted by Crippen LogP contribution is -2.50. The summed E-state index contributed by atoms with van der Waals surface area (Å²) in [7, 11) is 5.29. The second-order valence-electron chi connectivity index (χ2n) is 8.67. The second-order valence-corrected chi connectivity index (χ2v) is 9.11. The molecule has 2 fully saturated rings. The van der Waals surface area contributed by atoms with Gasteiger partial charge in [-0.25, -0.2) is 0 Å². The number of likely N-dealkylation sites (N-methyl/N-ethyl adjacent to an activating group) is 1. The summed E-state index contributed by atoms with van der Waals surface area (Å²) in [5, 5.41) is 0.510. The smallest absolute Gasteiger partial charge is 0.253 e. The number of hydrogen-bond donors (Lipinski definition) is 0. The molecule has 2 heterocycles. The molecule has 2 aromatic rings. The molecule has 0 aliphatic carbocycles. The van der Waals surface area contributed by atoms with Crippen molar-refractivity contribution in [1.82, 2.24) is 14.7 Å². The Balaban J connectivity index is 1.67. The van der Waals surface area contributed by atoms with Crippen LogP contribution in [-0.2, 0) is 4.79 Å². The van der Waals surface area contributed by atoms with Crippen LogP contribution in [0.5, 0.6) is 11.5 Å². The summed E-state index contributed by atoms with van der Waals surface area (Å²) in [6.45, 7) is 3.83. The molecule has 0 N–H and O–H groups in total. The second kappa shape index (κ2) is 10.0. The Hall–Kier alpha value is -2.77. The van der Waals surface area contributed by atoms with E-state index in [9.17, 15) is 9.59 Å². The molecule has 0 unspecified atom stereocenters. The quantitative estimate of drug-likeness (QED) is 0.671. The number of piperazine rings is 1. The van der Waals surface area contributed by atoms with Crippen molar-refractivity contribution in [3.8, 4) is 11.5 Å². The zero-order valence-electron chi connectivity index (χ0n) is 19.3. The Bertz CT molecular complexity index is 1020. The fourth-order valence-electron chi connectivity index (χ4n) is 4.73. The van der Waals surface area contributed by atoms with Gasteiger partial charge < -0.3 is 24.2 Å². The zero-order chi connectivity index (χ0) is 23.5. The first-order chi connectivity index (χ1) is 15.9. The van der Waals surface area contributed by atoms with E-state index in [1.165, 1.54) is 0 Å². The number of benzene rings is 2. The molecule has 0 spiro atoms. The van der Waals surface area contributed by atoms with E-state index in [1.807, 2.05) is 23.1 Å². The maximum Gasteiger partial charge on any atom is 0.253 e. The number of carbonyl (C=O) groups is 2. The molecule has 0 aromatic heterocycles. The van der Waals surface area contributed by atoms with E-state index in [0.717, 1.165) is 18.7 Å². The fourth-order valence-corrected chi connectivity index (χ4v) is 4.92. The Morgan fingerprint density at radius 1 is 0.939 bits per heavy atom. The van der Waals surface area contributed by atoms with Crippen molar-refractivity contribution >= 4 is 23.4 Å². The third-order valence-corrected chi connectivity index (χ3v) is 6.88. The highest BCUT2D eigenvalue weighted by Crippen LogP contribution is 2.40. The molecule has 33 heavy (non-hydrogen) atoms. The van der Waals surface area contributed by atoms with Crippen molar-refractivity contribution < 1.29 is 19.1 Å². The molecule has 7 nitrogen and oxygen atoms in total. The molecule has 176 valence electrons. The number of rotatable bonds is 5. The van der Waals surface area contributed by atoms with E-state index in [0.29, 0.717) is 48.3 Å². The van der Waals surface area contributed by atoms with Crippen LogP contribution in [0.4, 0.5) is 0 Å². The van der Waals surface area contributed by atoms with Crippen LogP contribution in [-0.4, -0.2) is 87.0 Å². The van der Waals surface area contributed by atoms with E-state index in [-0.39, 0.29) is 23.7 Å². The largest absolute Gasteiger partial charge is 0.497 e. The Morgan fingerprint density at radius 2 is 1.70 bits per heavy atom. The van der Waals surface area contributed by atoms with Crippen LogP contribution in [0, 0.1) is 5.92 Å². The molecule has 2 atom stereocenters. The van der Waals surface area contributed by atoms with Gasteiger partial charge in [0, 0.05) is 61.3 Å². The Labute approximate surface area is 199 Å². The molecular formula is C25H30ClN3O4. The van der Waals surface area contributed by atoms with Gasteiger partial charge in [0.2, 0.25) is 5.91 Å². The molecule has 4 rings (SSSR count). The lowest BCUT2D eigenvalue weighted by Gasteiger charge is -2.35. The topological polar surface area (TPSA) is 62.3 Å². The molecule has 2 saturated heterocycles. The third kappa shape index (κ3) is 4.94.